The van der Waals surface area contributed by atoms with Crippen LogP contribution in [0.3, 0.4) is 0 Å². The summed E-state index contributed by atoms with van der Waals surface area (Å²) in [6.07, 6.45) is 1.38. The van der Waals surface area contributed by atoms with Gasteiger partial charge in [-0.1, -0.05) is 12.1 Å². The molecule has 1 aromatic heterocycles. The highest BCUT2D eigenvalue weighted by molar-refractivity contribution is 5.97. The van der Waals surface area contributed by atoms with Crippen molar-refractivity contribution in [2.24, 2.45) is 0 Å². The number of methoxy groups -OCH3 is 2. The Morgan fingerprint density at radius 3 is 2.70 bits per heavy atom. The number of nitrogens with one attached hydrogen (secondary N) is 2. The minimum absolute atomic E-state index is 0.350. The van der Waals surface area contributed by atoms with Gasteiger partial charge in [0.15, 0.2) is 11.6 Å². The summed E-state index contributed by atoms with van der Waals surface area (Å²) in [5, 5.41) is 6.09. The highest BCUT2D eigenvalue weighted by Crippen LogP contribution is 2.27. The van der Waals surface area contributed by atoms with Crippen LogP contribution in [0.2, 0.25) is 0 Å². The molecule has 2 aromatic rings. The molecule has 0 radical (unpaired) electrons. The topological polar surface area (TPSA) is 111 Å². The maximum Gasteiger partial charge on any atom is 0.339 e. The van der Waals surface area contributed by atoms with Crippen LogP contribution >= 0.6 is 0 Å². The minimum Gasteiger partial charge on any atom is -0.465 e. The van der Waals surface area contributed by atoms with E-state index in [1.165, 1.54) is 13.4 Å². The number of anilines is 4. The van der Waals surface area contributed by atoms with Crippen molar-refractivity contribution in [3.63, 3.8) is 0 Å². The number of aromatic nitrogens is 2. The van der Waals surface area contributed by atoms with Gasteiger partial charge in [0.25, 0.3) is 0 Å². The molecule has 8 nitrogen and oxygen atoms in total. The molecule has 0 saturated heterocycles. The molecule has 0 aliphatic heterocycles. The van der Waals surface area contributed by atoms with E-state index in [1.807, 2.05) is 0 Å². The maximum absolute atomic E-state index is 11.8. The van der Waals surface area contributed by atoms with Gasteiger partial charge in [-0.2, -0.15) is 0 Å². The Morgan fingerprint density at radius 1 is 1.22 bits per heavy atom. The quantitative estimate of drug-likeness (QED) is 0.522. The predicted octanol–water partition coefficient (Wildman–Crippen LogP) is 1.65. The molecule has 0 unspecified atom stereocenters. The van der Waals surface area contributed by atoms with Crippen LogP contribution < -0.4 is 16.4 Å². The minimum atomic E-state index is -0.445. The van der Waals surface area contributed by atoms with Gasteiger partial charge in [-0.25, -0.2) is 14.8 Å². The number of carbonyl (C=O) groups excluding carboxylic acids is 1. The third kappa shape index (κ3) is 4.07. The van der Waals surface area contributed by atoms with E-state index < -0.39 is 5.97 Å². The fraction of sp³-hybridized carbons (Fsp3) is 0.267. The van der Waals surface area contributed by atoms with Crippen LogP contribution in [-0.2, 0) is 9.47 Å². The number of nitrogens with two attached hydrogens (primary N) is 1. The fourth-order valence-electron chi connectivity index (χ4n) is 1.92. The second-order valence-electron chi connectivity index (χ2n) is 4.57. The lowest BCUT2D eigenvalue weighted by Gasteiger charge is -2.14. The molecule has 8 heteroatoms. The number of nitrogen functional groups attached to an aromatic ring is 1. The monoisotopic (exact) mass is 317 g/mol. The zero-order chi connectivity index (χ0) is 16.7. The van der Waals surface area contributed by atoms with Crippen LogP contribution in [0, 0.1) is 0 Å². The second-order valence-corrected chi connectivity index (χ2v) is 4.57. The van der Waals surface area contributed by atoms with Crippen molar-refractivity contribution in [1.29, 1.82) is 0 Å². The van der Waals surface area contributed by atoms with Crippen molar-refractivity contribution in [1.82, 2.24) is 9.97 Å². The molecule has 0 aliphatic rings. The van der Waals surface area contributed by atoms with E-state index in [0.717, 1.165) is 0 Å². The fourth-order valence-corrected chi connectivity index (χ4v) is 1.92. The average molecular weight is 317 g/mol. The summed E-state index contributed by atoms with van der Waals surface area (Å²) in [6.45, 7) is 1.09. The summed E-state index contributed by atoms with van der Waals surface area (Å²) in [6, 6.07) is 6.94. The van der Waals surface area contributed by atoms with Gasteiger partial charge < -0.3 is 25.8 Å². The second kappa shape index (κ2) is 7.95. The number of ether oxygens (including phenoxy) is 2. The number of rotatable bonds is 7. The third-order valence-electron chi connectivity index (χ3n) is 3.07. The van der Waals surface area contributed by atoms with Crippen molar-refractivity contribution in [2.75, 3.05) is 43.7 Å². The first-order valence-corrected chi connectivity index (χ1v) is 6.95. The number of para-hydroxylation sites is 1. The van der Waals surface area contributed by atoms with Crippen molar-refractivity contribution >= 4 is 29.0 Å². The van der Waals surface area contributed by atoms with Crippen LogP contribution in [0.5, 0.6) is 0 Å². The Kier molecular flexibility index (Phi) is 5.70. The third-order valence-corrected chi connectivity index (χ3v) is 3.07. The molecular formula is C15H19N5O3. The first-order chi connectivity index (χ1) is 11.2. The van der Waals surface area contributed by atoms with Crippen molar-refractivity contribution < 1.29 is 14.3 Å². The number of nitrogens with zero attached hydrogens (tertiary/aromatic N) is 2. The molecule has 4 N–H and O–H groups in total. The van der Waals surface area contributed by atoms with Crippen LogP contribution in [0.4, 0.5) is 23.0 Å². The van der Waals surface area contributed by atoms with E-state index in [9.17, 15) is 4.79 Å². The molecule has 0 fully saturated rings. The molecule has 1 aromatic carbocycles. The molecule has 0 bridgehead atoms. The van der Waals surface area contributed by atoms with Gasteiger partial charge in [0.1, 0.15) is 12.0 Å². The molecule has 0 saturated carbocycles. The molecule has 23 heavy (non-hydrogen) atoms. The van der Waals surface area contributed by atoms with E-state index in [2.05, 4.69) is 20.6 Å². The summed E-state index contributed by atoms with van der Waals surface area (Å²) in [5.74, 6) is 0.450. The van der Waals surface area contributed by atoms with Gasteiger partial charge in [0.2, 0.25) is 0 Å². The number of esters is 1. The van der Waals surface area contributed by atoms with Crippen molar-refractivity contribution in [2.45, 2.75) is 0 Å². The molecular weight excluding hydrogens is 298 g/mol. The zero-order valence-electron chi connectivity index (χ0n) is 13.0. The van der Waals surface area contributed by atoms with Gasteiger partial charge in [0, 0.05) is 13.7 Å². The molecule has 0 atom stereocenters. The van der Waals surface area contributed by atoms with E-state index >= 15 is 0 Å². The number of benzene rings is 1. The Morgan fingerprint density at radius 2 is 1.96 bits per heavy atom. The largest absolute Gasteiger partial charge is 0.465 e. The molecule has 122 valence electrons. The Bertz CT molecular complexity index is 678. The summed E-state index contributed by atoms with van der Waals surface area (Å²) >= 11 is 0. The van der Waals surface area contributed by atoms with Crippen LogP contribution in [0.15, 0.2) is 30.6 Å². The number of hydrogen-bond donors (Lipinski definition) is 3. The summed E-state index contributed by atoms with van der Waals surface area (Å²) in [5.41, 5.74) is 7.35. The van der Waals surface area contributed by atoms with Crippen LogP contribution in [-0.4, -0.2) is 43.3 Å². The Hall–Kier alpha value is -2.87. The zero-order valence-corrected chi connectivity index (χ0v) is 13.0. The highest BCUT2D eigenvalue weighted by Gasteiger charge is 2.14. The smallest absolute Gasteiger partial charge is 0.339 e. The number of hydrogen-bond acceptors (Lipinski definition) is 8. The molecule has 2 rings (SSSR count). The summed E-state index contributed by atoms with van der Waals surface area (Å²) in [7, 11) is 2.94. The number of carbonyl (C=O) groups is 1. The summed E-state index contributed by atoms with van der Waals surface area (Å²) < 4.78 is 9.73. The van der Waals surface area contributed by atoms with Crippen molar-refractivity contribution in [3.8, 4) is 0 Å². The molecule has 0 spiro atoms. The lowest BCUT2D eigenvalue weighted by atomic mass is 10.2. The lowest BCUT2D eigenvalue weighted by molar-refractivity contribution is 0.0602. The Labute approximate surface area is 134 Å². The molecule has 0 aliphatic carbocycles. The average Bonchev–Trinajstić information content (AvgIpc) is 2.58. The van der Waals surface area contributed by atoms with Gasteiger partial charge in [-0.15, -0.1) is 0 Å². The van der Waals surface area contributed by atoms with Gasteiger partial charge in [-0.3, -0.25) is 0 Å². The van der Waals surface area contributed by atoms with Crippen LogP contribution in [0.1, 0.15) is 10.4 Å². The first kappa shape index (κ1) is 16.5. The SMILES string of the molecule is COCCNc1ncnc(Nc2ccccc2C(=O)OC)c1N. The van der Waals surface area contributed by atoms with Gasteiger partial charge in [0.05, 0.1) is 25.0 Å². The van der Waals surface area contributed by atoms with E-state index in [1.54, 1.807) is 31.4 Å². The van der Waals surface area contributed by atoms with E-state index in [4.69, 9.17) is 15.2 Å². The van der Waals surface area contributed by atoms with E-state index in [-0.39, 0.29) is 0 Å². The Balaban J connectivity index is 2.24. The first-order valence-electron chi connectivity index (χ1n) is 6.95. The maximum atomic E-state index is 11.8. The standard InChI is InChI=1S/C15H19N5O3/c1-22-8-7-17-13-12(16)14(19-9-18-13)20-11-6-4-3-5-10(11)15(21)23-2/h3-6,9H,7-8,16H2,1-2H3,(H2,17,18,19,20). The summed E-state index contributed by atoms with van der Waals surface area (Å²) in [4.78, 5) is 20.0. The van der Waals surface area contributed by atoms with Gasteiger partial charge >= 0.3 is 5.97 Å². The lowest BCUT2D eigenvalue weighted by Crippen LogP contribution is -2.13. The molecule has 0 amide bonds. The van der Waals surface area contributed by atoms with Crippen molar-refractivity contribution in [3.05, 3.63) is 36.2 Å². The van der Waals surface area contributed by atoms with E-state index in [0.29, 0.717) is 41.7 Å². The highest BCUT2D eigenvalue weighted by atomic mass is 16.5. The van der Waals surface area contributed by atoms with Gasteiger partial charge in [-0.05, 0) is 12.1 Å². The predicted molar refractivity (Wildman–Crippen MR) is 87.9 cm³/mol. The normalized spacial score (nSPS) is 10.2. The molecule has 1 heterocycles. The van der Waals surface area contributed by atoms with Crippen LogP contribution in [0.25, 0.3) is 0 Å².